The monoisotopic (exact) mass is 319 g/mol. The topological polar surface area (TPSA) is 46.6 Å². The first kappa shape index (κ1) is 16.5. The fourth-order valence-corrected chi connectivity index (χ4v) is 3.58. The predicted octanol–water partition coefficient (Wildman–Crippen LogP) is 3.13. The molecule has 0 amide bonds. The van der Waals surface area contributed by atoms with Crippen molar-refractivity contribution in [2.24, 2.45) is 0 Å². The molecule has 0 saturated carbocycles. The van der Waals surface area contributed by atoms with E-state index in [2.05, 4.69) is 0 Å². The Hall–Kier alpha value is -1.85. The Kier molecular flexibility index (Phi) is 4.88. The minimum atomic E-state index is -3.60. The van der Waals surface area contributed by atoms with Crippen LogP contribution in [0.1, 0.15) is 16.7 Å². The summed E-state index contributed by atoms with van der Waals surface area (Å²) >= 11 is 0. The molecule has 2 aromatic rings. The Morgan fingerprint density at radius 3 is 2.18 bits per heavy atom. The van der Waals surface area contributed by atoms with Gasteiger partial charge in [0.15, 0.2) is 0 Å². The Labute approximate surface area is 132 Å². The van der Waals surface area contributed by atoms with Crippen LogP contribution in [0.4, 0.5) is 0 Å². The maximum atomic E-state index is 12.8. The van der Waals surface area contributed by atoms with Gasteiger partial charge in [0.2, 0.25) is 10.0 Å². The summed E-state index contributed by atoms with van der Waals surface area (Å²) in [6.45, 7) is 4.18. The van der Waals surface area contributed by atoms with Crippen LogP contribution in [0.5, 0.6) is 5.75 Å². The zero-order valence-corrected chi connectivity index (χ0v) is 14.1. The summed E-state index contributed by atoms with van der Waals surface area (Å²) < 4.78 is 32.1. The molecule has 0 aliphatic carbocycles. The average molecular weight is 319 g/mol. The molecule has 118 valence electrons. The first-order chi connectivity index (χ1) is 10.3. The van der Waals surface area contributed by atoms with Crippen molar-refractivity contribution in [3.63, 3.8) is 0 Å². The van der Waals surface area contributed by atoms with Crippen molar-refractivity contribution in [3.05, 3.63) is 59.2 Å². The minimum Gasteiger partial charge on any atom is -0.495 e. The number of rotatable bonds is 5. The van der Waals surface area contributed by atoms with Crippen molar-refractivity contribution in [3.8, 4) is 5.75 Å². The van der Waals surface area contributed by atoms with Crippen molar-refractivity contribution < 1.29 is 13.2 Å². The van der Waals surface area contributed by atoms with E-state index in [1.807, 2.05) is 44.2 Å². The van der Waals surface area contributed by atoms with Gasteiger partial charge in [-0.05, 0) is 37.1 Å². The second-order valence-corrected chi connectivity index (χ2v) is 7.41. The SMILES string of the molecule is COc1ccc(C)cc1S(=O)(=O)N(C)Cc1ccc(C)cc1. The summed E-state index contributed by atoms with van der Waals surface area (Å²) in [4.78, 5) is 0.199. The van der Waals surface area contributed by atoms with Gasteiger partial charge in [0, 0.05) is 13.6 Å². The molecule has 0 spiro atoms. The Morgan fingerprint density at radius 1 is 1.00 bits per heavy atom. The zero-order valence-electron chi connectivity index (χ0n) is 13.3. The maximum absolute atomic E-state index is 12.8. The van der Waals surface area contributed by atoms with E-state index in [1.54, 1.807) is 19.2 Å². The standard InChI is InChI=1S/C17H21NO3S/c1-13-5-8-15(9-6-13)12-18(3)22(19,20)17-11-14(2)7-10-16(17)21-4/h5-11H,12H2,1-4H3. The highest BCUT2D eigenvalue weighted by Gasteiger charge is 2.25. The summed E-state index contributed by atoms with van der Waals surface area (Å²) in [5.41, 5.74) is 2.97. The molecule has 22 heavy (non-hydrogen) atoms. The molecule has 0 fully saturated rings. The number of sulfonamides is 1. The van der Waals surface area contributed by atoms with Gasteiger partial charge in [0.25, 0.3) is 0 Å². The number of nitrogens with zero attached hydrogens (tertiary/aromatic N) is 1. The normalized spacial score (nSPS) is 11.7. The molecule has 4 nitrogen and oxygen atoms in total. The van der Waals surface area contributed by atoms with E-state index < -0.39 is 10.0 Å². The fourth-order valence-electron chi connectivity index (χ4n) is 2.19. The van der Waals surface area contributed by atoms with Crippen LogP contribution in [0, 0.1) is 13.8 Å². The third-order valence-electron chi connectivity index (χ3n) is 3.53. The molecule has 0 aliphatic rings. The molecule has 0 N–H and O–H groups in total. The third-order valence-corrected chi connectivity index (χ3v) is 5.36. The van der Waals surface area contributed by atoms with E-state index in [0.717, 1.165) is 16.7 Å². The van der Waals surface area contributed by atoms with Gasteiger partial charge < -0.3 is 4.74 Å². The van der Waals surface area contributed by atoms with Gasteiger partial charge in [-0.25, -0.2) is 8.42 Å². The largest absolute Gasteiger partial charge is 0.495 e. The molecular weight excluding hydrogens is 298 g/mol. The van der Waals surface area contributed by atoms with Crippen molar-refractivity contribution in [1.29, 1.82) is 0 Å². The van der Waals surface area contributed by atoms with Crippen molar-refractivity contribution >= 4 is 10.0 Å². The second-order valence-electron chi connectivity index (χ2n) is 5.40. The highest BCUT2D eigenvalue weighted by Crippen LogP contribution is 2.27. The van der Waals surface area contributed by atoms with Crippen LogP contribution in [0.2, 0.25) is 0 Å². The quantitative estimate of drug-likeness (QED) is 0.850. The van der Waals surface area contributed by atoms with Crippen LogP contribution in [0.3, 0.4) is 0 Å². The molecule has 5 heteroatoms. The van der Waals surface area contributed by atoms with E-state index in [9.17, 15) is 8.42 Å². The van der Waals surface area contributed by atoms with E-state index in [4.69, 9.17) is 4.74 Å². The van der Waals surface area contributed by atoms with Crippen molar-refractivity contribution in [2.75, 3.05) is 14.2 Å². The van der Waals surface area contributed by atoms with Gasteiger partial charge in [-0.15, -0.1) is 0 Å². The molecule has 0 aromatic heterocycles. The second kappa shape index (κ2) is 6.50. The molecular formula is C17H21NO3S. The average Bonchev–Trinajstić information content (AvgIpc) is 2.49. The Balaban J connectivity index is 2.33. The molecule has 0 unspecified atom stereocenters. The van der Waals surface area contributed by atoms with Gasteiger partial charge in [0.1, 0.15) is 10.6 Å². The number of aryl methyl sites for hydroxylation is 2. The lowest BCUT2D eigenvalue weighted by molar-refractivity contribution is 0.397. The molecule has 0 aliphatic heterocycles. The van der Waals surface area contributed by atoms with E-state index in [0.29, 0.717) is 12.3 Å². The van der Waals surface area contributed by atoms with Crippen molar-refractivity contribution in [2.45, 2.75) is 25.3 Å². The number of benzene rings is 2. The molecule has 0 atom stereocenters. The van der Waals surface area contributed by atoms with Gasteiger partial charge in [-0.2, -0.15) is 4.31 Å². The smallest absolute Gasteiger partial charge is 0.246 e. The van der Waals surface area contributed by atoms with Crippen LogP contribution in [-0.2, 0) is 16.6 Å². The Bertz CT molecular complexity index is 752. The highest BCUT2D eigenvalue weighted by molar-refractivity contribution is 7.89. The zero-order chi connectivity index (χ0) is 16.3. The van der Waals surface area contributed by atoms with Crippen LogP contribution < -0.4 is 4.74 Å². The van der Waals surface area contributed by atoms with E-state index in [-0.39, 0.29) is 4.90 Å². The lowest BCUT2D eigenvalue weighted by Gasteiger charge is -2.19. The minimum absolute atomic E-state index is 0.199. The van der Waals surface area contributed by atoms with Crippen molar-refractivity contribution in [1.82, 2.24) is 4.31 Å². The summed E-state index contributed by atoms with van der Waals surface area (Å²) in [5, 5.41) is 0. The lowest BCUT2D eigenvalue weighted by atomic mass is 10.1. The van der Waals surface area contributed by atoms with Gasteiger partial charge >= 0.3 is 0 Å². The van der Waals surface area contributed by atoms with Crippen LogP contribution in [-0.4, -0.2) is 26.9 Å². The third kappa shape index (κ3) is 3.48. The van der Waals surface area contributed by atoms with Crippen LogP contribution >= 0.6 is 0 Å². The van der Waals surface area contributed by atoms with E-state index in [1.165, 1.54) is 11.4 Å². The summed E-state index contributed by atoms with van der Waals surface area (Å²) in [6, 6.07) is 13.0. The first-order valence-corrected chi connectivity index (χ1v) is 8.45. The molecule has 0 bridgehead atoms. The van der Waals surface area contributed by atoms with Crippen LogP contribution in [0.15, 0.2) is 47.4 Å². The van der Waals surface area contributed by atoms with Crippen LogP contribution in [0.25, 0.3) is 0 Å². The van der Waals surface area contributed by atoms with Gasteiger partial charge in [-0.3, -0.25) is 0 Å². The molecule has 0 saturated heterocycles. The maximum Gasteiger partial charge on any atom is 0.246 e. The Morgan fingerprint density at radius 2 is 1.59 bits per heavy atom. The molecule has 2 rings (SSSR count). The predicted molar refractivity (Wildman–Crippen MR) is 87.6 cm³/mol. The number of methoxy groups -OCH3 is 1. The lowest BCUT2D eigenvalue weighted by Crippen LogP contribution is -2.27. The number of hydrogen-bond acceptors (Lipinski definition) is 3. The first-order valence-electron chi connectivity index (χ1n) is 7.01. The highest BCUT2D eigenvalue weighted by atomic mass is 32.2. The summed E-state index contributed by atoms with van der Waals surface area (Å²) in [6.07, 6.45) is 0. The molecule has 0 radical (unpaired) electrons. The van der Waals surface area contributed by atoms with Gasteiger partial charge in [-0.1, -0.05) is 35.9 Å². The summed E-state index contributed by atoms with van der Waals surface area (Å²) in [7, 11) is -0.548. The number of ether oxygens (including phenoxy) is 1. The van der Waals surface area contributed by atoms with Gasteiger partial charge in [0.05, 0.1) is 7.11 Å². The molecule has 0 heterocycles. The number of hydrogen-bond donors (Lipinski definition) is 0. The fraction of sp³-hybridized carbons (Fsp3) is 0.294. The molecule has 2 aromatic carbocycles. The summed E-state index contributed by atoms with van der Waals surface area (Å²) in [5.74, 6) is 0.362. The van der Waals surface area contributed by atoms with E-state index >= 15 is 0 Å².